The van der Waals surface area contributed by atoms with Crippen molar-refractivity contribution in [3.63, 3.8) is 0 Å². The number of ether oxygens (including phenoxy) is 1. The number of rotatable bonds is 3. The summed E-state index contributed by atoms with van der Waals surface area (Å²) < 4.78 is 18.8. The van der Waals surface area contributed by atoms with Crippen LogP contribution in [0.25, 0.3) is 0 Å². The molecule has 2 aromatic rings. The van der Waals surface area contributed by atoms with E-state index < -0.39 is 11.7 Å². The molecule has 0 aliphatic heterocycles. The highest BCUT2D eigenvalue weighted by Gasteiger charge is 2.12. The van der Waals surface area contributed by atoms with Crippen LogP contribution in [0.1, 0.15) is 21.5 Å². The zero-order valence-electron chi connectivity index (χ0n) is 11.7. The number of benzene rings is 2. The molecule has 3 nitrogen and oxygen atoms in total. The molecule has 0 saturated heterocycles. The Kier molecular flexibility index (Phi) is 4.03. The number of aryl methyl sites for hydroxylation is 2. The third kappa shape index (κ3) is 2.96. The summed E-state index contributed by atoms with van der Waals surface area (Å²) in [6, 6.07) is 9.72. The number of carbonyl (C=O) groups is 1. The lowest BCUT2D eigenvalue weighted by Gasteiger charge is -2.10. The van der Waals surface area contributed by atoms with Gasteiger partial charge in [-0.3, -0.25) is 4.79 Å². The topological polar surface area (TPSA) is 38.3 Å². The van der Waals surface area contributed by atoms with Crippen LogP contribution < -0.4 is 10.1 Å². The molecular formula is C16H16FNO2. The summed E-state index contributed by atoms with van der Waals surface area (Å²) in [5.41, 5.74) is 2.38. The number of carbonyl (C=O) groups excluding carboxylic acids is 1. The van der Waals surface area contributed by atoms with Crippen LogP contribution in [0.4, 0.5) is 10.1 Å². The van der Waals surface area contributed by atoms with Gasteiger partial charge in [0.2, 0.25) is 0 Å². The maximum atomic E-state index is 13.6. The fraction of sp³-hybridized carbons (Fsp3) is 0.188. The second-order valence-corrected chi connectivity index (χ2v) is 4.62. The predicted octanol–water partition coefficient (Wildman–Crippen LogP) is 3.70. The number of nitrogens with one attached hydrogen (secondary N) is 1. The van der Waals surface area contributed by atoms with Crippen molar-refractivity contribution in [2.24, 2.45) is 0 Å². The summed E-state index contributed by atoms with van der Waals surface area (Å²) in [7, 11) is 1.59. The summed E-state index contributed by atoms with van der Waals surface area (Å²) in [5.74, 6) is -0.251. The largest absolute Gasteiger partial charge is 0.496 e. The zero-order chi connectivity index (χ0) is 14.7. The van der Waals surface area contributed by atoms with E-state index in [1.54, 1.807) is 31.4 Å². The van der Waals surface area contributed by atoms with Crippen LogP contribution in [0.5, 0.6) is 5.75 Å². The Morgan fingerprint density at radius 1 is 1.15 bits per heavy atom. The maximum absolute atomic E-state index is 13.6. The first-order chi connectivity index (χ1) is 9.51. The summed E-state index contributed by atoms with van der Waals surface area (Å²) in [6.07, 6.45) is 0. The highest BCUT2D eigenvalue weighted by molar-refractivity contribution is 6.04. The Hall–Kier alpha value is -2.36. The van der Waals surface area contributed by atoms with Crippen molar-refractivity contribution >= 4 is 11.6 Å². The smallest absolute Gasteiger partial charge is 0.258 e. The molecule has 1 N–H and O–H groups in total. The van der Waals surface area contributed by atoms with Gasteiger partial charge in [0.25, 0.3) is 5.91 Å². The van der Waals surface area contributed by atoms with E-state index in [9.17, 15) is 9.18 Å². The molecule has 0 spiro atoms. The first-order valence-electron chi connectivity index (χ1n) is 6.23. The lowest BCUT2D eigenvalue weighted by Crippen LogP contribution is -2.14. The Morgan fingerprint density at radius 3 is 2.55 bits per heavy atom. The van der Waals surface area contributed by atoms with E-state index in [1.165, 1.54) is 12.1 Å². The molecule has 4 heteroatoms. The third-order valence-electron chi connectivity index (χ3n) is 3.02. The highest BCUT2D eigenvalue weighted by atomic mass is 19.1. The molecule has 2 rings (SSSR count). The van der Waals surface area contributed by atoms with Crippen LogP contribution >= 0.6 is 0 Å². The van der Waals surface area contributed by atoms with Crippen molar-refractivity contribution in [2.75, 3.05) is 12.4 Å². The maximum Gasteiger partial charge on any atom is 0.258 e. The van der Waals surface area contributed by atoms with E-state index in [4.69, 9.17) is 4.74 Å². The van der Waals surface area contributed by atoms with Crippen molar-refractivity contribution in [1.82, 2.24) is 0 Å². The second kappa shape index (κ2) is 5.74. The van der Waals surface area contributed by atoms with Gasteiger partial charge in [-0.15, -0.1) is 0 Å². The second-order valence-electron chi connectivity index (χ2n) is 4.62. The number of anilines is 1. The van der Waals surface area contributed by atoms with Crippen molar-refractivity contribution in [3.8, 4) is 5.75 Å². The van der Waals surface area contributed by atoms with Gasteiger partial charge in [-0.05, 0) is 49.7 Å². The van der Waals surface area contributed by atoms with Crippen LogP contribution in [0.15, 0.2) is 36.4 Å². The SMILES string of the molecule is COc1ccc(NC(=O)c2cc(C)ccc2F)cc1C. The number of halogens is 1. The van der Waals surface area contributed by atoms with E-state index in [2.05, 4.69) is 5.32 Å². The number of hydrogen-bond donors (Lipinski definition) is 1. The minimum atomic E-state index is -0.529. The molecule has 104 valence electrons. The van der Waals surface area contributed by atoms with E-state index in [1.807, 2.05) is 13.8 Å². The monoisotopic (exact) mass is 273 g/mol. The Labute approximate surface area is 117 Å². The Morgan fingerprint density at radius 2 is 1.90 bits per heavy atom. The molecule has 0 aromatic heterocycles. The van der Waals surface area contributed by atoms with Gasteiger partial charge in [-0.1, -0.05) is 11.6 Å². The van der Waals surface area contributed by atoms with Gasteiger partial charge < -0.3 is 10.1 Å². The zero-order valence-corrected chi connectivity index (χ0v) is 11.7. The van der Waals surface area contributed by atoms with Crippen molar-refractivity contribution < 1.29 is 13.9 Å². The summed E-state index contributed by atoms with van der Waals surface area (Å²) >= 11 is 0. The molecule has 20 heavy (non-hydrogen) atoms. The molecule has 0 aliphatic rings. The molecule has 2 aromatic carbocycles. The Balaban J connectivity index is 2.23. The average Bonchev–Trinajstić information content (AvgIpc) is 2.41. The quantitative estimate of drug-likeness (QED) is 0.926. The molecule has 1 amide bonds. The first-order valence-corrected chi connectivity index (χ1v) is 6.23. The van der Waals surface area contributed by atoms with Crippen LogP contribution in [0.3, 0.4) is 0 Å². The van der Waals surface area contributed by atoms with Gasteiger partial charge in [0.1, 0.15) is 11.6 Å². The summed E-state index contributed by atoms with van der Waals surface area (Å²) in [6.45, 7) is 3.69. The average molecular weight is 273 g/mol. The first kappa shape index (κ1) is 14.1. The number of methoxy groups -OCH3 is 1. The van der Waals surface area contributed by atoms with Gasteiger partial charge in [0, 0.05) is 5.69 Å². The standard InChI is InChI=1S/C16H16FNO2/c1-10-4-6-14(17)13(8-10)16(19)18-12-5-7-15(20-3)11(2)9-12/h4-9H,1-3H3,(H,18,19). The van der Waals surface area contributed by atoms with E-state index >= 15 is 0 Å². The molecular weight excluding hydrogens is 257 g/mol. The fourth-order valence-corrected chi connectivity index (χ4v) is 1.97. The van der Waals surface area contributed by atoms with Crippen LogP contribution in [0, 0.1) is 19.7 Å². The Bertz CT molecular complexity index is 653. The molecule has 0 heterocycles. The lowest BCUT2D eigenvalue weighted by molar-refractivity contribution is 0.102. The molecule has 0 unspecified atom stereocenters. The minimum absolute atomic E-state index is 0.0403. The summed E-state index contributed by atoms with van der Waals surface area (Å²) in [5, 5.41) is 2.68. The number of hydrogen-bond acceptors (Lipinski definition) is 2. The van der Waals surface area contributed by atoms with Crippen LogP contribution in [0.2, 0.25) is 0 Å². The van der Waals surface area contributed by atoms with Gasteiger partial charge in [0.15, 0.2) is 0 Å². The van der Waals surface area contributed by atoms with Gasteiger partial charge in [-0.2, -0.15) is 0 Å². The van der Waals surface area contributed by atoms with Crippen molar-refractivity contribution in [2.45, 2.75) is 13.8 Å². The van der Waals surface area contributed by atoms with Crippen LogP contribution in [-0.2, 0) is 0 Å². The van der Waals surface area contributed by atoms with E-state index in [-0.39, 0.29) is 5.56 Å². The van der Waals surface area contributed by atoms with Crippen LogP contribution in [-0.4, -0.2) is 13.0 Å². The normalized spacial score (nSPS) is 10.2. The molecule has 0 aliphatic carbocycles. The molecule has 0 bridgehead atoms. The van der Waals surface area contributed by atoms with Gasteiger partial charge in [0.05, 0.1) is 12.7 Å². The fourth-order valence-electron chi connectivity index (χ4n) is 1.97. The van der Waals surface area contributed by atoms with E-state index in [0.717, 1.165) is 16.9 Å². The number of amides is 1. The lowest BCUT2D eigenvalue weighted by atomic mass is 10.1. The van der Waals surface area contributed by atoms with Crippen molar-refractivity contribution in [1.29, 1.82) is 0 Å². The predicted molar refractivity (Wildman–Crippen MR) is 76.8 cm³/mol. The summed E-state index contributed by atoms with van der Waals surface area (Å²) in [4.78, 5) is 12.1. The molecule has 0 fully saturated rings. The molecule has 0 atom stereocenters. The van der Waals surface area contributed by atoms with E-state index in [0.29, 0.717) is 5.69 Å². The molecule has 0 saturated carbocycles. The minimum Gasteiger partial charge on any atom is -0.496 e. The third-order valence-corrected chi connectivity index (χ3v) is 3.02. The van der Waals surface area contributed by atoms with Gasteiger partial charge in [-0.25, -0.2) is 4.39 Å². The van der Waals surface area contributed by atoms with Gasteiger partial charge >= 0.3 is 0 Å². The molecule has 0 radical (unpaired) electrons. The highest BCUT2D eigenvalue weighted by Crippen LogP contribution is 2.22. The van der Waals surface area contributed by atoms with Crippen molar-refractivity contribution in [3.05, 3.63) is 58.9 Å².